The second kappa shape index (κ2) is 9.49. The second-order valence-electron chi connectivity index (χ2n) is 5.97. The summed E-state index contributed by atoms with van der Waals surface area (Å²) in [5, 5.41) is 11.4. The normalized spacial score (nSPS) is 10.6. The minimum Gasteiger partial charge on any atom is -0.493 e. The molecule has 0 atom stereocenters. The van der Waals surface area contributed by atoms with E-state index in [1.54, 1.807) is 41.9 Å². The first-order valence-electron chi connectivity index (χ1n) is 8.88. The minimum absolute atomic E-state index is 0.109. The Morgan fingerprint density at radius 3 is 2.33 bits per heavy atom. The van der Waals surface area contributed by atoms with Gasteiger partial charge in [0.1, 0.15) is 5.82 Å². The quantitative estimate of drug-likeness (QED) is 0.548. The summed E-state index contributed by atoms with van der Waals surface area (Å²) in [7, 11) is 6.07. The highest BCUT2D eigenvalue weighted by Crippen LogP contribution is 2.41. The second-order valence-corrected chi connectivity index (χ2v) is 6.91. The zero-order valence-corrected chi connectivity index (χ0v) is 17.7. The number of nitrogens with one attached hydrogen (secondary N) is 1. The number of amides is 1. The molecule has 1 amide bonds. The largest absolute Gasteiger partial charge is 0.493 e. The third-order valence-corrected chi connectivity index (χ3v) is 5.19. The fourth-order valence-corrected chi connectivity index (χ4v) is 3.63. The fraction of sp³-hybridized carbons (Fsp3) is 0.250. The predicted octanol–water partition coefficient (Wildman–Crippen LogP) is 2.94. The number of benzene rings is 2. The van der Waals surface area contributed by atoms with Crippen LogP contribution >= 0.6 is 11.8 Å². The summed E-state index contributed by atoms with van der Waals surface area (Å²) in [5.41, 5.74) is 0.831. The maximum atomic E-state index is 14.7. The van der Waals surface area contributed by atoms with Gasteiger partial charge in [-0.05, 0) is 24.3 Å². The summed E-state index contributed by atoms with van der Waals surface area (Å²) >= 11 is 1.15. The van der Waals surface area contributed by atoms with E-state index in [0.717, 1.165) is 11.8 Å². The van der Waals surface area contributed by atoms with Crippen molar-refractivity contribution in [2.45, 2.75) is 5.16 Å². The van der Waals surface area contributed by atoms with Gasteiger partial charge >= 0.3 is 0 Å². The van der Waals surface area contributed by atoms with E-state index in [4.69, 9.17) is 14.2 Å². The average Bonchev–Trinajstić information content (AvgIpc) is 3.20. The smallest absolute Gasteiger partial charge is 0.230 e. The number of nitrogens with zero attached hydrogens (tertiary/aromatic N) is 3. The third kappa shape index (κ3) is 4.18. The Hall–Kier alpha value is -3.27. The number of carbonyl (C=O) groups is 1. The molecular formula is C20H21FN4O4S. The van der Waals surface area contributed by atoms with Crippen molar-refractivity contribution in [3.05, 3.63) is 42.2 Å². The van der Waals surface area contributed by atoms with Crippen molar-refractivity contribution in [1.29, 1.82) is 0 Å². The molecular weight excluding hydrogens is 411 g/mol. The van der Waals surface area contributed by atoms with Gasteiger partial charge in [-0.2, -0.15) is 0 Å². The summed E-state index contributed by atoms with van der Waals surface area (Å²) in [6.45, 7) is 0. The van der Waals surface area contributed by atoms with Gasteiger partial charge in [-0.3, -0.25) is 9.36 Å². The summed E-state index contributed by atoms with van der Waals surface area (Å²) < 4.78 is 32.4. The molecule has 3 rings (SSSR count). The lowest BCUT2D eigenvalue weighted by Gasteiger charge is -2.15. The van der Waals surface area contributed by atoms with Crippen molar-refractivity contribution >= 4 is 17.7 Å². The number of hydrogen-bond acceptors (Lipinski definition) is 7. The van der Waals surface area contributed by atoms with Crippen molar-refractivity contribution in [3.8, 4) is 34.3 Å². The molecule has 0 bridgehead atoms. The molecule has 0 aliphatic rings. The molecule has 158 valence electrons. The predicted molar refractivity (Wildman–Crippen MR) is 111 cm³/mol. The van der Waals surface area contributed by atoms with E-state index in [2.05, 4.69) is 15.5 Å². The first-order chi connectivity index (χ1) is 14.5. The van der Waals surface area contributed by atoms with E-state index in [1.807, 2.05) is 0 Å². The molecule has 3 aromatic rings. The van der Waals surface area contributed by atoms with Crippen LogP contribution in [0, 0.1) is 5.82 Å². The number of para-hydroxylation sites is 1. The Balaban J connectivity index is 2.19. The summed E-state index contributed by atoms with van der Waals surface area (Å²) in [4.78, 5) is 11.7. The molecule has 2 aromatic carbocycles. The van der Waals surface area contributed by atoms with Gasteiger partial charge in [-0.15, -0.1) is 10.2 Å². The highest BCUT2D eigenvalue weighted by atomic mass is 32.2. The van der Waals surface area contributed by atoms with Gasteiger partial charge in [0.05, 0.1) is 32.8 Å². The molecule has 0 fully saturated rings. The number of aromatic nitrogens is 3. The number of hydrogen-bond donors (Lipinski definition) is 1. The van der Waals surface area contributed by atoms with Crippen LogP contribution in [0.2, 0.25) is 0 Å². The van der Waals surface area contributed by atoms with Crippen molar-refractivity contribution in [2.75, 3.05) is 34.1 Å². The lowest BCUT2D eigenvalue weighted by molar-refractivity contribution is -0.118. The lowest BCUT2D eigenvalue weighted by atomic mass is 10.1. The zero-order chi connectivity index (χ0) is 21.7. The molecule has 0 spiro atoms. The first kappa shape index (κ1) is 21.4. The minimum atomic E-state index is -0.451. The third-order valence-electron chi connectivity index (χ3n) is 4.26. The average molecular weight is 432 g/mol. The Morgan fingerprint density at radius 2 is 1.77 bits per heavy atom. The van der Waals surface area contributed by atoms with Crippen molar-refractivity contribution in [2.24, 2.45) is 0 Å². The number of rotatable bonds is 8. The van der Waals surface area contributed by atoms with Crippen LogP contribution in [0.1, 0.15) is 0 Å². The highest BCUT2D eigenvalue weighted by Gasteiger charge is 2.22. The molecule has 8 nitrogen and oxygen atoms in total. The number of methoxy groups -OCH3 is 3. The van der Waals surface area contributed by atoms with Crippen LogP contribution in [0.5, 0.6) is 17.2 Å². The van der Waals surface area contributed by atoms with Crippen LogP contribution in [0.3, 0.4) is 0 Å². The number of carbonyl (C=O) groups excluding carboxylic acids is 1. The topological polar surface area (TPSA) is 87.5 Å². The van der Waals surface area contributed by atoms with Gasteiger partial charge in [0.25, 0.3) is 0 Å². The molecule has 0 unspecified atom stereocenters. The number of halogens is 1. The van der Waals surface area contributed by atoms with Gasteiger partial charge in [0, 0.05) is 12.6 Å². The van der Waals surface area contributed by atoms with Crippen molar-refractivity contribution < 1.29 is 23.4 Å². The molecule has 1 heterocycles. The molecule has 30 heavy (non-hydrogen) atoms. The van der Waals surface area contributed by atoms with Gasteiger partial charge < -0.3 is 19.5 Å². The fourth-order valence-electron chi connectivity index (χ4n) is 2.81. The van der Waals surface area contributed by atoms with Gasteiger partial charge in [-0.25, -0.2) is 4.39 Å². The van der Waals surface area contributed by atoms with Crippen LogP contribution < -0.4 is 19.5 Å². The van der Waals surface area contributed by atoms with Gasteiger partial charge in [0.15, 0.2) is 22.5 Å². The molecule has 0 aliphatic carbocycles. The van der Waals surface area contributed by atoms with Gasteiger partial charge in [0.2, 0.25) is 11.7 Å². The zero-order valence-electron chi connectivity index (χ0n) is 16.9. The van der Waals surface area contributed by atoms with Gasteiger partial charge in [-0.1, -0.05) is 23.9 Å². The summed E-state index contributed by atoms with van der Waals surface area (Å²) in [6, 6.07) is 9.68. The van der Waals surface area contributed by atoms with E-state index in [-0.39, 0.29) is 17.3 Å². The standard InChI is InChI=1S/C20H21FN4O4S/c1-22-17(26)11-30-20-24-23-19(25(20)14-8-6-5-7-13(14)21)12-9-15(27-2)18(29-4)16(10-12)28-3/h5-10H,11H2,1-4H3,(H,22,26). The van der Waals surface area contributed by atoms with Crippen LogP contribution in [-0.4, -0.2) is 54.8 Å². The first-order valence-corrected chi connectivity index (χ1v) is 9.86. The summed E-state index contributed by atoms with van der Waals surface area (Å²) in [5.74, 6) is 1.11. The monoisotopic (exact) mass is 432 g/mol. The van der Waals surface area contributed by atoms with Crippen LogP contribution in [-0.2, 0) is 4.79 Å². The van der Waals surface area contributed by atoms with E-state index >= 15 is 0 Å². The Morgan fingerprint density at radius 1 is 1.10 bits per heavy atom. The molecule has 10 heteroatoms. The maximum Gasteiger partial charge on any atom is 0.230 e. The molecule has 1 N–H and O–H groups in total. The van der Waals surface area contributed by atoms with Crippen LogP contribution in [0.4, 0.5) is 4.39 Å². The SMILES string of the molecule is CNC(=O)CSc1nnc(-c2cc(OC)c(OC)c(OC)c2)n1-c1ccccc1F. The highest BCUT2D eigenvalue weighted by molar-refractivity contribution is 7.99. The summed E-state index contributed by atoms with van der Waals surface area (Å²) in [6.07, 6.45) is 0. The Kier molecular flexibility index (Phi) is 6.78. The Labute approximate surface area is 177 Å². The van der Waals surface area contributed by atoms with E-state index in [9.17, 15) is 9.18 Å². The van der Waals surface area contributed by atoms with E-state index in [1.165, 1.54) is 27.4 Å². The Bertz CT molecular complexity index is 1030. The molecule has 0 saturated heterocycles. The van der Waals surface area contributed by atoms with E-state index < -0.39 is 5.82 Å². The van der Waals surface area contributed by atoms with E-state index in [0.29, 0.717) is 33.8 Å². The lowest BCUT2D eigenvalue weighted by Crippen LogP contribution is -2.20. The molecule has 0 saturated carbocycles. The molecule has 1 aromatic heterocycles. The van der Waals surface area contributed by atoms with Crippen LogP contribution in [0.15, 0.2) is 41.6 Å². The number of thioether (sulfide) groups is 1. The van der Waals surface area contributed by atoms with Crippen molar-refractivity contribution in [1.82, 2.24) is 20.1 Å². The maximum absolute atomic E-state index is 14.7. The molecule has 0 aliphatic heterocycles. The number of ether oxygens (including phenoxy) is 3. The molecule has 0 radical (unpaired) electrons. The van der Waals surface area contributed by atoms with Crippen LogP contribution in [0.25, 0.3) is 17.1 Å². The van der Waals surface area contributed by atoms with Crippen molar-refractivity contribution in [3.63, 3.8) is 0 Å².